The van der Waals surface area contributed by atoms with Gasteiger partial charge in [-0.2, -0.15) is 4.98 Å². The minimum atomic E-state index is -0.530. The summed E-state index contributed by atoms with van der Waals surface area (Å²) in [6.07, 6.45) is 4.30. The molecule has 0 spiro atoms. The van der Waals surface area contributed by atoms with Gasteiger partial charge in [-0.25, -0.2) is 4.39 Å². The van der Waals surface area contributed by atoms with Crippen LogP contribution in [0.5, 0.6) is 0 Å². The van der Waals surface area contributed by atoms with Crippen molar-refractivity contribution in [1.29, 1.82) is 0 Å². The van der Waals surface area contributed by atoms with Crippen LogP contribution in [0.2, 0.25) is 0 Å². The zero-order valence-electron chi connectivity index (χ0n) is 12.2. The summed E-state index contributed by atoms with van der Waals surface area (Å²) in [4.78, 5) is 4.41. The molecule has 0 aliphatic heterocycles. The predicted octanol–water partition coefficient (Wildman–Crippen LogP) is 3.16. The first-order chi connectivity index (χ1) is 10.1. The highest BCUT2D eigenvalue weighted by Crippen LogP contribution is 2.37. The first-order valence-corrected chi connectivity index (χ1v) is 7.42. The maximum Gasteiger partial charge on any atom is 0.246 e. The number of hydrogen-bond acceptors (Lipinski definition) is 4. The van der Waals surface area contributed by atoms with Crippen LogP contribution in [0.3, 0.4) is 0 Å². The predicted molar refractivity (Wildman–Crippen MR) is 77.0 cm³/mol. The van der Waals surface area contributed by atoms with Gasteiger partial charge in [-0.3, -0.25) is 0 Å². The van der Waals surface area contributed by atoms with Crippen LogP contribution in [0, 0.1) is 11.7 Å². The molecule has 1 aliphatic carbocycles. The Morgan fingerprint density at radius 3 is 3.00 bits per heavy atom. The Labute approximate surface area is 123 Å². The van der Waals surface area contributed by atoms with Crippen molar-refractivity contribution < 1.29 is 8.91 Å². The van der Waals surface area contributed by atoms with Gasteiger partial charge in [0.25, 0.3) is 0 Å². The molecule has 2 unspecified atom stereocenters. The molecule has 4 nitrogen and oxygen atoms in total. The Bertz CT molecular complexity index is 627. The molecule has 5 heteroatoms. The first-order valence-electron chi connectivity index (χ1n) is 7.42. The summed E-state index contributed by atoms with van der Waals surface area (Å²) in [5, 5.41) is 3.97. The van der Waals surface area contributed by atoms with E-state index in [1.54, 1.807) is 18.2 Å². The van der Waals surface area contributed by atoms with Gasteiger partial charge in [0.2, 0.25) is 5.89 Å². The molecule has 3 rings (SSSR count). The van der Waals surface area contributed by atoms with Crippen molar-refractivity contribution in [3.63, 3.8) is 0 Å². The van der Waals surface area contributed by atoms with Crippen molar-refractivity contribution in [2.75, 3.05) is 0 Å². The Kier molecular flexibility index (Phi) is 3.76. The van der Waals surface area contributed by atoms with E-state index < -0.39 is 5.54 Å². The van der Waals surface area contributed by atoms with Crippen molar-refractivity contribution in [2.45, 2.75) is 44.6 Å². The van der Waals surface area contributed by atoms with Gasteiger partial charge in [-0.05, 0) is 30.4 Å². The summed E-state index contributed by atoms with van der Waals surface area (Å²) in [6, 6.07) is 6.63. The quantitative estimate of drug-likeness (QED) is 0.942. The van der Waals surface area contributed by atoms with Gasteiger partial charge in [0.15, 0.2) is 5.82 Å². The number of halogens is 1. The van der Waals surface area contributed by atoms with Gasteiger partial charge in [-0.15, -0.1) is 0 Å². The molecule has 1 fully saturated rings. The van der Waals surface area contributed by atoms with E-state index in [-0.39, 0.29) is 5.82 Å². The molecule has 1 aromatic heterocycles. The fourth-order valence-corrected chi connectivity index (χ4v) is 3.13. The van der Waals surface area contributed by atoms with Crippen molar-refractivity contribution >= 4 is 0 Å². The van der Waals surface area contributed by atoms with E-state index in [0.717, 1.165) is 19.3 Å². The molecule has 0 amide bonds. The van der Waals surface area contributed by atoms with Gasteiger partial charge in [-0.1, -0.05) is 43.1 Å². The Morgan fingerprint density at radius 1 is 1.43 bits per heavy atom. The molecule has 0 radical (unpaired) electrons. The van der Waals surface area contributed by atoms with Crippen LogP contribution in [0.15, 0.2) is 28.8 Å². The average Bonchev–Trinajstić information content (AvgIpc) is 2.91. The van der Waals surface area contributed by atoms with E-state index in [9.17, 15) is 4.39 Å². The van der Waals surface area contributed by atoms with Gasteiger partial charge >= 0.3 is 0 Å². The number of rotatable bonds is 3. The lowest BCUT2D eigenvalue weighted by Crippen LogP contribution is -2.41. The minimum Gasteiger partial charge on any atom is -0.337 e. The van der Waals surface area contributed by atoms with Crippen LogP contribution in [0.4, 0.5) is 4.39 Å². The highest BCUT2D eigenvalue weighted by atomic mass is 19.1. The molecule has 2 N–H and O–H groups in total. The van der Waals surface area contributed by atoms with Crippen LogP contribution in [0.1, 0.15) is 49.9 Å². The van der Waals surface area contributed by atoms with Crippen molar-refractivity contribution in [3.05, 3.63) is 47.4 Å². The van der Waals surface area contributed by atoms with Crippen LogP contribution in [0.25, 0.3) is 0 Å². The molecule has 112 valence electrons. The largest absolute Gasteiger partial charge is 0.337 e. The van der Waals surface area contributed by atoms with Crippen molar-refractivity contribution in [3.8, 4) is 0 Å². The maximum atomic E-state index is 13.7. The van der Waals surface area contributed by atoms with E-state index in [0.29, 0.717) is 29.6 Å². The van der Waals surface area contributed by atoms with E-state index >= 15 is 0 Å². The van der Waals surface area contributed by atoms with Crippen LogP contribution >= 0.6 is 0 Å². The molecule has 1 aliphatic rings. The molecule has 1 aromatic carbocycles. The van der Waals surface area contributed by atoms with Crippen molar-refractivity contribution in [2.24, 2.45) is 11.7 Å². The maximum absolute atomic E-state index is 13.7. The Hall–Kier alpha value is -1.75. The number of aromatic nitrogens is 2. The van der Waals surface area contributed by atoms with Gasteiger partial charge in [0.1, 0.15) is 5.82 Å². The third-order valence-electron chi connectivity index (χ3n) is 4.23. The van der Waals surface area contributed by atoms with Crippen LogP contribution in [-0.2, 0) is 12.0 Å². The summed E-state index contributed by atoms with van der Waals surface area (Å²) in [6.45, 7) is 2.19. The normalized spacial score (nSPS) is 26.0. The lowest BCUT2D eigenvalue weighted by Gasteiger charge is -2.33. The number of nitrogens with zero attached hydrogens (tertiary/aromatic N) is 2. The summed E-state index contributed by atoms with van der Waals surface area (Å²) in [7, 11) is 0. The lowest BCUT2D eigenvalue weighted by atomic mass is 9.77. The monoisotopic (exact) mass is 289 g/mol. The molecule has 0 saturated heterocycles. The second kappa shape index (κ2) is 5.56. The van der Waals surface area contributed by atoms with E-state index in [1.165, 1.54) is 12.5 Å². The molecular formula is C16H20FN3O. The topological polar surface area (TPSA) is 64.9 Å². The third-order valence-corrected chi connectivity index (χ3v) is 4.23. The van der Waals surface area contributed by atoms with Gasteiger partial charge in [0.05, 0.1) is 5.54 Å². The summed E-state index contributed by atoms with van der Waals surface area (Å²) >= 11 is 0. The standard InChI is InChI=1S/C16H20FN3O/c1-11-5-4-8-16(18,10-11)15-19-14(20-21-15)9-12-6-2-3-7-13(12)17/h2-3,6-7,11H,4-5,8-10,18H2,1H3. The molecular weight excluding hydrogens is 269 g/mol. The zero-order chi connectivity index (χ0) is 14.9. The number of hydrogen-bond donors (Lipinski definition) is 1. The van der Waals surface area contributed by atoms with E-state index in [4.69, 9.17) is 10.3 Å². The summed E-state index contributed by atoms with van der Waals surface area (Å²) < 4.78 is 19.0. The smallest absolute Gasteiger partial charge is 0.246 e. The molecule has 2 atom stereocenters. The van der Waals surface area contributed by atoms with E-state index in [1.807, 2.05) is 0 Å². The molecule has 1 heterocycles. The van der Waals surface area contributed by atoms with Crippen LogP contribution < -0.4 is 5.73 Å². The average molecular weight is 289 g/mol. The van der Waals surface area contributed by atoms with Crippen molar-refractivity contribution in [1.82, 2.24) is 10.1 Å². The Morgan fingerprint density at radius 2 is 2.24 bits per heavy atom. The van der Waals surface area contributed by atoms with Gasteiger partial charge < -0.3 is 10.3 Å². The number of benzene rings is 1. The summed E-state index contributed by atoms with van der Waals surface area (Å²) in [5.74, 6) is 1.28. The minimum absolute atomic E-state index is 0.252. The second-order valence-corrected chi connectivity index (χ2v) is 6.14. The fourth-order valence-electron chi connectivity index (χ4n) is 3.13. The Balaban J connectivity index is 1.79. The SMILES string of the molecule is CC1CCCC(N)(c2nc(Cc3ccccc3F)no2)C1. The molecule has 0 bridgehead atoms. The third kappa shape index (κ3) is 2.97. The highest BCUT2D eigenvalue weighted by molar-refractivity contribution is 5.21. The highest BCUT2D eigenvalue weighted by Gasteiger charge is 2.37. The second-order valence-electron chi connectivity index (χ2n) is 6.14. The first kappa shape index (κ1) is 14.2. The lowest BCUT2D eigenvalue weighted by molar-refractivity contribution is 0.183. The molecule has 2 aromatic rings. The van der Waals surface area contributed by atoms with Crippen LogP contribution in [-0.4, -0.2) is 10.1 Å². The fraction of sp³-hybridized carbons (Fsp3) is 0.500. The zero-order valence-corrected chi connectivity index (χ0v) is 12.2. The summed E-state index contributed by atoms with van der Waals surface area (Å²) in [5.41, 5.74) is 6.47. The molecule has 1 saturated carbocycles. The van der Waals surface area contributed by atoms with Gasteiger partial charge in [0, 0.05) is 6.42 Å². The number of nitrogens with two attached hydrogens (primary N) is 1. The van der Waals surface area contributed by atoms with E-state index in [2.05, 4.69) is 17.1 Å². The molecule has 21 heavy (non-hydrogen) atoms.